The van der Waals surface area contributed by atoms with Gasteiger partial charge in [0, 0.05) is 0 Å². The lowest BCUT2D eigenvalue weighted by atomic mass is 9.67. The van der Waals surface area contributed by atoms with E-state index in [1.54, 1.807) is 0 Å². The molecule has 1 aliphatic rings. The molecule has 96 valence electrons. The van der Waals surface area contributed by atoms with Crippen molar-refractivity contribution >= 4 is 0 Å². The fourth-order valence-electron chi connectivity index (χ4n) is 3.28. The van der Waals surface area contributed by atoms with Crippen molar-refractivity contribution in [3.8, 4) is 0 Å². The van der Waals surface area contributed by atoms with Crippen molar-refractivity contribution < 1.29 is 0 Å². The van der Waals surface area contributed by atoms with Gasteiger partial charge in [0.05, 0.1) is 0 Å². The first-order valence-electron chi connectivity index (χ1n) is 7.12. The zero-order chi connectivity index (χ0) is 12.8. The molecular weight excluding hydrogens is 216 g/mol. The minimum atomic E-state index is 0.368. The molecule has 0 heteroatoms. The summed E-state index contributed by atoms with van der Waals surface area (Å²) in [7, 11) is 0. The fraction of sp³-hybridized carbons (Fsp3) is 0.444. The molecule has 0 aromatic heterocycles. The molecule has 1 aliphatic carbocycles. The largest absolute Gasteiger partial charge is 0.103 e. The molecule has 0 atom stereocenters. The van der Waals surface area contributed by atoms with Crippen molar-refractivity contribution in [2.75, 3.05) is 0 Å². The van der Waals surface area contributed by atoms with Crippen molar-refractivity contribution in [2.45, 2.75) is 50.4 Å². The average molecular weight is 240 g/mol. The fourth-order valence-corrected chi connectivity index (χ4v) is 3.28. The van der Waals surface area contributed by atoms with Crippen LogP contribution in [0, 0.1) is 0 Å². The molecule has 0 radical (unpaired) electrons. The number of allylic oxidation sites excluding steroid dienone is 2. The molecule has 0 saturated heterocycles. The minimum absolute atomic E-state index is 0.368. The lowest BCUT2D eigenvalue weighted by Gasteiger charge is -2.37. The van der Waals surface area contributed by atoms with Gasteiger partial charge in [0.2, 0.25) is 0 Å². The van der Waals surface area contributed by atoms with E-state index in [0.717, 1.165) is 12.8 Å². The van der Waals surface area contributed by atoms with E-state index in [9.17, 15) is 0 Å². The molecule has 0 amide bonds. The maximum Gasteiger partial charge on any atom is -0.00126 e. The van der Waals surface area contributed by atoms with Gasteiger partial charge in [-0.05, 0) is 42.2 Å². The molecule has 0 bridgehead atoms. The Morgan fingerprint density at radius 1 is 0.944 bits per heavy atom. The Labute approximate surface area is 111 Å². The molecule has 0 aliphatic heterocycles. The average Bonchev–Trinajstić information content (AvgIpc) is 2.41. The molecule has 1 saturated carbocycles. The highest BCUT2D eigenvalue weighted by Gasteiger charge is 2.32. The van der Waals surface area contributed by atoms with Crippen LogP contribution < -0.4 is 0 Å². The summed E-state index contributed by atoms with van der Waals surface area (Å²) in [5, 5.41) is 0. The summed E-state index contributed by atoms with van der Waals surface area (Å²) in [4.78, 5) is 0. The van der Waals surface area contributed by atoms with Crippen LogP contribution in [0.15, 0.2) is 49.6 Å². The van der Waals surface area contributed by atoms with Crippen LogP contribution in [-0.2, 0) is 11.8 Å². The predicted octanol–water partition coefficient (Wildman–Crippen LogP) is 5.19. The molecule has 2 rings (SSSR count). The molecule has 0 nitrogen and oxygen atoms in total. The van der Waals surface area contributed by atoms with Gasteiger partial charge in [-0.1, -0.05) is 55.7 Å². The highest BCUT2D eigenvalue weighted by atomic mass is 14.4. The summed E-state index contributed by atoms with van der Waals surface area (Å²) < 4.78 is 0. The Morgan fingerprint density at radius 2 is 1.61 bits per heavy atom. The quantitative estimate of drug-likeness (QED) is 0.621. The van der Waals surface area contributed by atoms with Crippen LogP contribution in [0.4, 0.5) is 0 Å². The van der Waals surface area contributed by atoms with E-state index in [0.29, 0.717) is 5.41 Å². The third kappa shape index (κ3) is 2.75. The van der Waals surface area contributed by atoms with Crippen molar-refractivity contribution in [3.05, 3.63) is 60.7 Å². The van der Waals surface area contributed by atoms with Gasteiger partial charge >= 0.3 is 0 Å². The van der Waals surface area contributed by atoms with Gasteiger partial charge in [0.25, 0.3) is 0 Å². The number of benzene rings is 1. The number of hydrogen-bond donors (Lipinski definition) is 0. The Morgan fingerprint density at radius 3 is 2.17 bits per heavy atom. The Bertz CT molecular complexity index is 391. The smallest absolute Gasteiger partial charge is 0.00126 e. The van der Waals surface area contributed by atoms with Crippen molar-refractivity contribution in [3.63, 3.8) is 0 Å². The Hall–Kier alpha value is -1.30. The number of hydrogen-bond acceptors (Lipinski definition) is 0. The van der Waals surface area contributed by atoms with Gasteiger partial charge in [0.1, 0.15) is 0 Å². The Balaban J connectivity index is 2.24. The van der Waals surface area contributed by atoms with Gasteiger partial charge in [-0.15, -0.1) is 13.2 Å². The van der Waals surface area contributed by atoms with E-state index in [-0.39, 0.29) is 0 Å². The first-order valence-corrected chi connectivity index (χ1v) is 7.12. The zero-order valence-corrected chi connectivity index (χ0v) is 11.3. The van der Waals surface area contributed by atoms with Crippen LogP contribution in [0.3, 0.4) is 0 Å². The van der Waals surface area contributed by atoms with Crippen LogP contribution in [0.5, 0.6) is 0 Å². The standard InChI is InChI=1S/C18H24/c1-3-8-16-9-11-17(12-10-16)18(13-4-2)14-6-5-7-15-18/h3-4,9-12H,1-2,5-8,13-15H2. The summed E-state index contributed by atoms with van der Waals surface area (Å²) in [6.45, 7) is 7.76. The molecule has 0 spiro atoms. The van der Waals surface area contributed by atoms with Crippen LogP contribution in [0.1, 0.15) is 49.7 Å². The second kappa shape index (κ2) is 6.04. The minimum Gasteiger partial charge on any atom is -0.103 e. The molecule has 0 unspecified atom stereocenters. The van der Waals surface area contributed by atoms with Gasteiger partial charge in [-0.25, -0.2) is 0 Å². The maximum absolute atomic E-state index is 3.96. The van der Waals surface area contributed by atoms with Crippen LogP contribution >= 0.6 is 0 Å². The topological polar surface area (TPSA) is 0 Å². The van der Waals surface area contributed by atoms with Gasteiger partial charge in [-0.3, -0.25) is 0 Å². The second-order valence-corrected chi connectivity index (χ2v) is 5.52. The third-order valence-corrected chi connectivity index (χ3v) is 4.29. The molecule has 0 N–H and O–H groups in total. The highest BCUT2D eigenvalue weighted by Crippen LogP contribution is 2.42. The summed E-state index contributed by atoms with van der Waals surface area (Å²) in [5.41, 5.74) is 3.24. The SMILES string of the molecule is C=CCc1ccc(C2(CC=C)CCCCC2)cc1. The van der Waals surface area contributed by atoms with E-state index in [2.05, 4.69) is 43.5 Å². The van der Waals surface area contributed by atoms with Gasteiger partial charge in [0.15, 0.2) is 0 Å². The molecule has 1 aromatic carbocycles. The first-order chi connectivity index (χ1) is 8.80. The van der Waals surface area contributed by atoms with Crippen LogP contribution in [0.2, 0.25) is 0 Å². The van der Waals surface area contributed by atoms with Crippen LogP contribution in [-0.4, -0.2) is 0 Å². The van der Waals surface area contributed by atoms with E-state index >= 15 is 0 Å². The van der Waals surface area contributed by atoms with E-state index in [1.165, 1.54) is 43.2 Å². The second-order valence-electron chi connectivity index (χ2n) is 5.52. The molecule has 1 aromatic rings. The summed E-state index contributed by atoms with van der Waals surface area (Å²) in [6.07, 6.45) is 12.9. The van der Waals surface area contributed by atoms with E-state index < -0.39 is 0 Å². The monoisotopic (exact) mass is 240 g/mol. The van der Waals surface area contributed by atoms with Gasteiger partial charge in [-0.2, -0.15) is 0 Å². The summed E-state index contributed by atoms with van der Waals surface area (Å²) in [6, 6.07) is 9.17. The van der Waals surface area contributed by atoms with E-state index in [4.69, 9.17) is 0 Å². The predicted molar refractivity (Wildman–Crippen MR) is 79.9 cm³/mol. The highest BCUT2D eigenvalue weighted by molar-refractivity contribution is 5.31. The van der Waals surface area contributed by atoms with Crippen molar-refractivity contribution in [2.24, 2.45) is 0 Å². The van der Waals surface area contributed by atoms with Crippen molar-refractivity contribution in [1.82, 2.24) is 0 Å². The lowest BCUT2D eigenvalue weighted by molar-refractivity contribution is 0.295. The first kappa shape index (κ1) is 13.1. The number of rotatable bonds is 5. The van der Waals surface area contributed by atoms with Gasteiger partial charge < -0.3 is 0 Å². The zero-order valence-electron chi connectivity index (χ0n) is 11.3. The lowest BCUT2D eigenvalue weighted by Crippen LogP contribution is -2.28. The molecule has 0 heterocycles. The van der Waals surface area contributed by atoms with Crippen molar-refractivity contribution in [1.29, 1.82) is 0 Å². The molecule has 1 fully saturated rings. The normalized spacial score (nSPS) is 18.2. The third-order valence-electron chi connectivity index (χ3n) is 4.29. The maximum atomic E-state index is 3.96. The summed E-state index contributed by atoms with van der Waals surface area (Å²) in [5.74, 6) is 0. The van der Waals surface area contributed by atoms with E-state index in [1.807, 2.05) is 6.08 Å². The molecular formula is C18H24. The van der Waals surface area contributed by atoms with Crippen LogP contribution in [0.25, 0.3) is 0 Å². The Kier molecular flexibility index (Phi) is 4.41. The molecule has 18 heavy (non-hydrogen) atoms. The summed E-state index contributed by atoms with van der Waals surface area (Å²) >= 11 is 0.